The van der Waals surface area contributed by atoms with Crippen LogP contribution in [0.3, 0.4) is 0 Å². The third kappa shape index (κ3) is 3.64. The van der Waals surface area contributed by atoms with Crippen molar-refractivity contribution in [3.8, 4) is 0 Å². The summed E-state index contributed by atoms with van der Waals surface area (Å²) in [7, 11) is 0. The van der Waals surface area contributed by atoms with Crippen LogP contribution in [0.4, 0.5) is 0 Å². The van der Waals surface area contributed by atoms with Gasteiger partial charge in [0, 0.05) is 5.54 Å². The summed E-state index contributed by atoms with van der Waals surface area (Å²) in [5, 5.41) is 0. The van der Waals surface area contributed by atoms with Crippen molar-refractivity contribution >= 4 is 0 Å². The average Bonchev–Trinajstić information content (AvgIpc) is 2.30. The summed E-state index contributed by atoms with van der Waals surface area (Å²) in [6.07, 6.45) is 4.52. The van der Waals surface area contributed by atoms with Gasteiger partial charge in [0.2, 0.25) is 0 Å². The van der Waals surface area contributed by atoms with Crippen LogP contribution in [-0.4, -0.2) is 5.54 Å². The van der Waals surface area contributed by atoms with Gasteiger partial charge >= 0.3 is 0 Å². The van der Waals surface area contributed by atoms with Crippen LogP contribution in [-0.2, 0) is 6.42 Å². The van der Waals surface area contributed by atoms with Crippen molar-refractivity contribution in [3.63, 3.8) is 0 Å². The smallest absolute Gasteiger partial charge is 0.0175 e. The molecule has 0 spiro atoms. The second-order valence-electron chi connectivity index (χ2n) is 5.08. The molecule has 0 bridgehead atoms. The van der Waals surface area contributed by atoms with Gasteiger partial charge in [-0.15, -0.1) is 0 Å². The number of hydrogen-bond acceptors (Lipinski definition) is 1. The zero-order valence-electron chi connectivity index (χ0n) is 10.9. The predicted molar refractivity (Wildman–Crippen MR) is 71.4 cm³/mol. The predicted octanol–water partition coefficient (Wildman–Crippen LogP) is 3.77. The lowest BCUT2D eigenvalue weighted by Crippen LogP contribution is -2.44. The van der Waals surface area contributed by atoms with Crippen molar-refractivity contribution in [1.82, 2.24) is 0 Å². The molecule has 0 amide bonds. The highest BCUT2D eigenvalue weighted by molar-refractivity contribution is 5.14. The molecule has 1 nitrogen and oxygen atoms in total. The van der Waals surface area contributed by atoms with Crippen LogP contribution in [0, 0.1) is 5.92 Å². The zero-order valence-corrected chi connectivity index (χ0v) is 10.9. The van der Waals surface area contributed by atoms with Gasteiger partial charge in [0.25, 0.3) is 0 Å². The van der Waals surface area contributed by atoms with E-state index in [4.69, 9.17) is 5.73 Å². The molecule has 2 N–H and O–H groups in total. The number of aryl methyl sites for hydroxylation is 1. The van der Waals surface area contributed by atoms with Crippen molar-refractivity contribution in [2.75, 3.05) is 0 Å². The first-order valence-corrected chi connectivity index (χ1v) is 6.41. The Hall–Kier alpha value is -0.820. The first-order valence-electron chi connectivity index (χ1n) is 6.41. The van der Waals surface area contributed by atoms with E-state index in [2.05, 4.69) is 51.1 Å². The van der Waals surface area contributed by atoms with E-state index >= 15 is 0 Å². The van der Waals surface area contributed by atoms with Gasteiger partial charge in [0.1, 0.15) is 0 Å². The molecular weight excluding hydrogens is 194 g/mol. The molecule has 90 valence electrons. The minimum absolute atomic E-state index is 0.0226. The molecule has 0 fully saturated rings. The van der Waals surface area contributed by atoms with E-state index in [1.165, 1.54) is 12.0 Å². The topological polar surface area (TPSA) is 26.0 Å². The largest absolute Gasteiger partial charge is 0.325 e. The lowest BCUT2D eigenvalue weighted by atomic mass is 9.80. The molecule has 1 unspecified atom stereocenters. The summed E-state index contributed by atoms with van der Waals surface area (Å²) in [5.41, 5.74) is 7.85. The summed E-state index contributed by atoms with van der Waals surface area (Å²) in [6.45, 7) is 6.65. The van der Waals surface area contributed by atoms with E-state index in [0.29, 0.717) is 5.92 Å². The molecule has 1 aromatic carbocycles. The highest BCUT2D eigenvalue weighted by Crippen LogP contribution is 2.24. The Bertz CT molecular complexity index is 292. The first-order chi connectivity index (χ1) is 7.58. The molecule has 0 saturated heterocycles. The van der Waals surface area contributed by atoms with Gasteiger partial charge in [-0.2, -0.15) is 0 Å². The molecule has 1 rings (SSSR count). The fraction of sp³-hybridized carbons (Fsp3) is 0.600. The van der Waals surface area contributed by atoms with Crippen LogP contribution in [0.2, 0.25) is 0 Å². The van der Waals surface area contributed by atoms with Crippen molar-refractivity contribution in [2.45, 2.75) is 52.0 Å². The molecule has 0 heterocycles. The van der Waals surface area contributed by atoms with Gasteiger partial charge in [-0.3, -0.25) is 0 Å². The molecule has 1 heteroatoms. The van der Waals surface area contributed by atoms with Crippen LogP contribution >= 0.6 is 0 Å². The number of nitrogens with two attached hydrogens (primary N) is 1. The molecule has 0 aliphatic heterocycles. The minimum atomic E-state index is 0.0226. The van der Waals surface area contributed by atoms with Gasteiger partial charge in [0.05, 0.1) is 0 Å². The molecule has 1 aromatic rings. The molecule has 0 aliphatic rings. The van der Waals surface area contributed by atoms with Crippen molar-refractivity contribution < 1.29 is 0 Å². The van der Waals surface area contributed by atoms with E-state index in [0.717, 1.165) is 19.3 Å². The molecule has 0 aliphatic carbocycles. The third-order valence-corrected chi connectivity index (χ3v) is 3.76. The normalized spacial score (nSPS) is 15.1. The Labute approximate surface area is 100 Å². The highest BCUT2D eigenvalue weighted by atomic mass is 14.7. The summed E-state index contributed by atoms with van der Waals surface area (Å²) in [5.74, 6) is 0.563. The first kappa shape index (κ1) is 13.2. The van der Waals surface area contributed by atoms with Gasteiger partial charge in [-0.05, 0) is 37.2 Å². The van der Waals surface area contributed by atoms with Crippen LogP contribution in [0.5, 0.6) is 0 Å². The summed E-state index contributed by atoms with van der Waals surface area (Å²) in [4.78, 5) is 0. The van der Waals surface area contributed by atoms with Crippen LogP contribution < -0.4 is 5.73 Å². The van der Waals surface area contributed by atoms with Gasteiger partial charge in [-0.25, -0.2) is 0 Å². The lowest BCUT2D eigenvalue weighted by molar-refractivity contribution is 0.272. The van der Waals surface area contributed by atoms with E-state index in [-0.39, 0.29) is 5.54 Å². The molecule has 1 atom stereocenters. The Kier molecular flexibility index (Phi) is 5.01. The van der Waals surface area contributed by atoms with Gasteiger partial charge < -0.3 is 5.73 Å². The fourth-order valence-corrected chi connectivity index (χ4v) is 2.14. The number of rotatable bonds is 6. The molecule has 0 saturated carbocycles. The maximum Gasteiger partial charge on any atom is 0.0175 e. The van der Waals surface area contributed by atoms with Gasteiger partial charge in [0.15, 0.2) is 0 Å². The molecule has 0 radical (unpaired) electrons. The Balaban J connectivity index is 2.40. The summed E-state index contributed by atoms with van der Waals surface area (Å²) in [6, 6.07) is 10.7. The fourth-order valence-electron chi connectivity index (χ4n) is 2.14. The van der Waals surface area contributed by atoms with E-state index in [1.807, 2.05) is 0 Å². The van der Waals surface area contributed by atoms with Crippen molar-refractivity contribution in [1.29, 1.82) is 0 Å². The lowest BCUT2D eigenvalue weighted by Gasteiger charge is -2.32. The Morgan fingerprint density at radius 2 is 1.81 bits per heavy atom. The zero-order chi connectivity index (χ0) is 12.0. The van der Waals surface area contributed by atoms with E-state index in [1.54, 1.807) is 0 Å². The van der Waals surface area contributed by atoms with E-state index < -0.39 is 0 Å². The molecule has 16 heavy (non-hydrogen) atoms. The summed E-state index contributed by atoms with van der Waals surface area (Å²) < 4.78 is 0. The van der Waals surface area contributed by atoms with E-state index in [9.17, 15) is 0 Å². The average molecular weight is 219 g/mol. The maximum atomic E-state index is 6.40. The van der Waals surface area contributed by atoms with Crippen LogP contribution in [0.1, 0.15) is 45.6 Å². The summed E-state index contributed by atoms with van der Waals surface area (Å²) >= 11 is 0. The Morgan fingerprint density at radius 3 is 2.31 bits per heavy atom. The maximum absolute atomic E-state index is 6.40. The third-order valence-electron chi connectivity index (χ3n) is 3.76. The minimum Gasteiger partial charge on any atom is -0.325 e. The van der Waals surface area contributed by atoms with Gasteiger partial charge in [-0.1, -0.05) is 51.1 Å². The van der Waals surface area contributed by atoms with Crippen molar-refractivity contribution in [2.24, 2.45) is 11.7 Å². The number of hydrogen-bond donors (Lipinski definition) is 1. The standard InChI is InChI=1S/C15H25N/c1-4-15(16,13(2)3)12-8-11-14-9-6-5-7-10-14/h5-7,9-10,13H,4,8,11-12,16H2,1-3H3. The second kappa shape index (κ2) is 6.05. The second-order valence-corrected chi connectivity index (χ2v) is 5.08. The highest BCUT2D eigenvalue weighted by Gasteiger charge is 2.25. The van der Waals surface area contributed by atoms with Crippen LogP contribution in [0.25, 0.3) is 0 Å². The quantitative estimate of drug-likeness (QED) is 0.774. The Morgan fingerprint density at radius 1 is 1.19 bits per heavy atom. The molecule has 0 aromatic heterocycles. The molecular formula is C15H25N. The SMILES string of the molecule is CCC(N)(CCCc1ccccc1)C(C)C. The van der Waals surface area contributed by atoms with Crippen LogP contribution in [0.15, 0.2) is 30.3 Å². The monoisotopic (exact) mass is 219 g/mol. The number of benzene rings is 1. The van der Waals surface area contributed by atoms with Crippen molar-refractivity contribution in [3.05, 3.63) is 35.9 Å².